The fourth-order valence-electron chi connectivity index (χ4n) is 2.90. The van der Waals surface area contributed by atoms with Crippen molar-refractivity contribution in [1.82, 2.24) is 0 Å². The quantitative estimate of drug-likeness (QED) is 0.839. The zero-order chi connectivity index (χ0) is 16.9. The molecule has 2 N–H and O–H groups in total. The Morgan fingerprint density at radius 1 is 1.08 bits per heavy atom. The number of hydrogen-bond acceptors (Lipinski definition) is 2. The first-order chi connectivity index (χ1) is 11.6. The zero-order valence-electron chi connectivity index (χ0n) is 13.9. The van der Waals surface area contributed by atoms with Gasteiger partial charge in [0, 0.05) is 15.8 Å². The standard InChI is InChI=1S/C19H22BrN3O/c1-22-10-12-23(13-11-22)18-8-6-17(7-9-18)21-19(24)14-15-2-4-16(20)5-3-15/h2-9H,10-14H2,1H3,(H,21,24)/p+1. The summed E-state index contributed by atoms with van der Waals surface area (Å²) in [6.07, 6.45) is 0.385. The molecule has 126 valence electrons. The summed E-state index contributed by atoms with van der Waals surface area (Å²) in [6, 6.07) is 16.0. The molecular weight excluding hydrogens is 366 g/mol. The first kappa shape index (κ1) is 17.0. The summed E-state index contributed by atoms with van der Waals surface area (Å²) in [5.74, 6) is 0.00766. The van der Waals surface area contributed by atoms with Crippen LogP contribution in [0.25, 0.3) is 0 Å². The van der Waals surface area contributed by atoms with Crippen LogP contribution in [0.4, 0.5) is 11.4 Å². The third-order valence-corrected chi connectivity index (χ3v) is 4.94. The Morgan fingerprint density at radius 3 is 2.33 bits per heavy atom. The largest absolute Gasteiger partial charge is 0.360 e. The van der Waals surface area contributed by atoms with Gasteiger partial charge in [0.1, 0.15) is 0 Å². The number of piperazine rings is 1. The molecule has 0 unspecified atom stereocenters. The molecule has 3 rings (SSSR count). The highest BCUT2D eigenvalue weighted by molar-refractivity contribution is 9.10. The Bertz CT molecular complexity index is 677. The molecule has 1 aliphatic rings. The topological polar surface area (TPSA) is 36.8 Å². The lowest BCUT2D eigenvalue weighted by molar-refractivity contribution is -0.880. The lowest BCUT2D eigenvalue weighted by Gasteiger charge is -2.31. The van der Waals surface area contributed by atoms with Crippen molar-refractivity contribution in [2.75, 3.05) is 43.4 Å². The average molecular weight is 389 g/mol. The molecule has 24 heavy (non-hydrogen) atoms. The van der Waals surface area contributed by atoms with Crippen molar-refractivity contribution in [3.05, 3.63) is 58.6 Å². The van der Waals surface area contributed by atoms with E-state index in [0.29, 0.717) is 6.42 Å². The molecule has 1 saturated heterocycles. The van der Waals surface area contributed by atoms with Gasteiger partial charge < -0.3 is 15.1 Å². The van der Waals surface area contributed by atoms with Gasteiger partial charge in [0.2, 0.25) is 5.91 Å². The summed E-state index contributed by atoms with van der Waals surface area (Å²) in [5.41, 5.74) is 3.08. The normalized spacial score (nSPS) is 15.3. The van der Waals surface area contributed by atoms with Crippen LogP contribution in [0.3, 0.4) is 0 Å². The second-order valence-corrected chi connectivity index (χ2v) is 7.26. The summed E-state index contributed by atoms with van der Waals surface area (Å²) < 4.78 is 1.02. The van der Waals surface area contributed by atoms with E-state index in [4.69, 9.17) is 0 Å². The van der Waals surface area contributed by atoms with Crippen LogP contribution in [-0.2, 0) is 11.2 Å². The molecule has 0 radical (unpaired) electrons. The van der Waals surface area contributed by atoms with E-state index < -0.39 is 0 Å². The smallest absolute Gasteiger partial charge is 0.228 e. The zero-order valence-corrected chi connectivity index (χ0v) is 15.5. The lowest BCUT2D eigenvalue weighted by atomic mass is 10.1. The minimum atomic E-state index is 0.00766. The Morgan fingerprint density at radius 2 is 1.71 bits per heavy atom. The first-order valence-corrected chi connectivity index (χ1v) is 9.10. The van der Waals surface area contributed by atoms with E-state index in [9.17, 15) is 4.79 Å². The highest BCUT2D eigenvalue weighted by atomic mass is 79.9. The van der Waals surface area contributed by atoms with E-state index in [1.807, 2.05) is 36.4 Å². The molecule has 5 heteroatoms. The minimum absolute atomic E-state index is 0.00766. The summed E-state index contributed by atoms with van der Waals surface area (Å²) >= 11 is 3.40. The molecule has 0 spiro atoms. The minimum Gasteiger partial charge on any atom is -0.360 e. The van der Waals surface area contributed by atoms with Crippen LogP contribution < -0.4 is 15.1 Å². The SMILES string of the molecule is C[NH+]1CCN(c2ccc(NC(=O)Cc3ccc(Br)cc3)cc2)CC1. The number of benzene rings is 2. The van der Waals surface area contributed by atoms with Crippen molar-refractivity contribution < 1.29 is 9.69 Å². The molecule has 2 aromatic carbocycles. The Hall–Kier alpha value is -1.85. The summed E-state index contributed by atoms with van der Waals surface area (Å²) in [6.45, 7) is 4.51. The predicted octanol–water partition coefficient (Wildman–Crippen LogP) is 1.97. The van der Waals surface area contributed by atoms with Crippen LogP contribution in [0.5, 0.6) is 0 Å². The molecule has 1 aliphatic heterocycles. The van der Waals surface area contributed by atoms with E-state index in [1.54, 1.807) is 4.90 Å². The van der Waals surface area contributed by atoms with Crippen LogP contribution >= 0.6 is 15.9 Å². The second kappa shape index (κ2) is 7.81. The fraction of sp³-hybridized carbons (Fsp3) is 0.316. The first-order valence-electron chi connectivity index (χ1n) is 8.31. The van der Waals surface area contributed by atoms with Crippen LogP contribution in [0.1, 0.15) is 5.56 Å². The number of carbonyl (C=O) groups is 1. The van der Waals surface area contributed by atoms with Gasteiger partial charge in [0.15, 0.2) is 0 Å². The maximum absolute atomic E-state index is 12.2. The van der Waals surface area contributed by atoms with Gasteiger partial charge in [0.25, 0.3) is 0 Å². The number of halogens is 1. The predicted molar refractivity (Wildman–Crippen MR) is 102 cm³/mol. The maximum atomic E-state index is 12.2. The Balaban J connectivity index is 1.55. The van der Waals surface area contributed by atoms with E-state index in [2.05, 4.69) is 45.3 Å². The average Bonchev–Trinajstić information content (AvgIpc) is 2.58. The van der Waals surface area contributed by atoms with Crippen molar-refractivity contribution in [3.8, 4) is 0 Å². The van der Waals surface area contributed by atoms with Gasteiger partial charge in [-0.3, -0.25) is 4.79 Å². The number of anilines is 2. The van der Waals surface area contributed by atoms with Gasteiger partial charge in [-0.1, -0.05) is 28.1 Å². The molecule has 1 heterocycles. The van der Waals surface area contributed by atoms with Crippen LogP contribution in [0, 0.1) is 0 Å². The Labute approximate surface area is 151 Å². The number of rotatable bonds is 4. The van der Waals surface area contributed by atoms with E-state index >= 15 is 0 Å². The highest BCUT2D eigenvalue weighted by Gasteiger charge is 2.16. The number of amides is 1. The molecule has 0 aromatic heterocycles. The van der Waals surface area contributed by atoms with Gasteiger partial charge in [-0.05, 0) is 42.0 Å². The summed E-state index contributed by atoms with van der Waals surface area (Å²) in [5, 5.41) is 2.97. The highest BCUT2D eigenvalue weighted by Crippen LogP contribution is 2.18. The van der Waals surface area contributed by atoms with Crippen LogP contribution in [0.2, 0.25) is 0 Å². The second-order valence-electron chi connectivity index (χ2n) is 6.34. The molecule has 0 saturated carbocycles. The molecule has 2 aromatic rings. The third kappa shape index (κ3) is 4.58. The van der Waals surface area contributed by atoms with Gasteiger partial charge in [-0.25, -0.2) is 0 Å². The van der Waals surface area contributed by atoms with Gasteiger partial charge in [-0.2, -0.15) is 0 Å². The van der Waals surface area contributed by atoms with Crippen molar-refractivity contribution in [2.45, 2.75) is 6.42 Å². The summed E-state index contributed by atoms with van der Waals surface area (Å²) in [4.78, 5) is 16.1. The van der Waals surface area contributed by atoms with Gasteiger partial charge in [-0.15, -0.1) is 0 Å². The van der Waals surface area contributed by atoms with Crippen molar-refractivity contribution in [2.24, 2.45) is 0 Å². The van der Waals surface area contributed by atoms with Gasteiger partial charge in [0.05, 0.1) is 39.6 Å². The third-order valence-electron chi connectivity index (χ3n) is 4.41. The molecular formula is C19H23BrN3O+. The fourth-order valence-corrected chi connectivity index (χ4v) is 3.16. The van der Waals surface area contributed by atoms with Crippen molar-refractivity contribution in [3.63, 3.8) is 0 Å². The number of nitrogens with one attached hydrogen (secondary N) is 2. The van der Waals surface area contributed by atoms with Crippen molar-refractivity contribution >= 4 is 33.2 Å². The summed E-state index contributed by atoms with van der Waals surface area (Å²) in [7, 11) is 2.24. The van der Waals surface area contributed by atoms with E-state index in [-0.39, 0.29) is 5.91 Å². The molecule has 1 amide bonds. The lowest BCUT2D eigenvalue weighted by Crippen LogP contribution is -3.12. The number of hydrogen-bond donors (Lipinski definition) is 2. The monoisotopic (exact) mass is 388 g/mol. The van der Waals surface area contributed by atoms with E-state index in [1.165, 1.54) is 18.8 Å². The molecule has 0 atom stereocenters. The number of carbonyl (C=O) groups excluding carboxylic acids is 1. The van der Waals surface area contributed by atoms with Gasteiger partial charge >= 0.3 is 0 Å². The number of quaternary nitrogens is 1. The van der Waals surface area contributed by atoms with Crippen molar-refractivity contribution in [1.29, 1.82) is 0 Å². The number of nitrogens with zero attached hydrogens (tertiary/aromatic N) is 1. The Kier molecular flexibility index (Phi) is 5.53. The van der Waals surface area contributed by atoms with Crippen LogP contribution in [0.15, 0.2) is 53.0 Å². The molecule has 0 aliphatic carbocycles. The molecule has 1 fully saturated rings. The molecule has 0 bridgehead atoms. The van der Waals surface area contributed by atoms with Crippen LogP contribution in [-0.4, -0.2) is 39.1 Å². The number of likely N-dealkylation sites (N-methyl/N-ethyl adjacent to an activating group) is 1. The maximum Gasteiger partial charge on any atom is 0.228 e. The van der Waals surface area contributed by atoms with E-state index in [0.717, 1.165) is 28.8 Å². The molecule has 4 nitrogen and oxygen atoms in total.